The van der Waals surface area contributed by atoms with Gasteiger partial charge in [0.25, 0.3) is 0 Å². The van der Waals surface area contributed by atoms with Crippen molar-refractivity contribution in [3.05, 3.63) is 61.4 Å². The van der Waals surface area contributed by atoms with Gasteiger partial charge in [0.1, 0.15) is 0 Å². The van der Waals surface area contributed by atoms with Crippen molar-refractivity contribution in [1.29, 1.82) is 0 Å². The minimum atomic E-state index is 0.412. The van der Waals surface area contributed by atoms with Crippen molar-refractivity contribution in [2.24, 2.45) is 7.05 Å². The van der Waals surface area contributed by atoms with Crippen molar-refractivity contribution in [3.63, 3.8) is 0 Å². The summed E-state index contributed by atoms with van der Waals surface area (Å²) in [4.78, 5) is 12.0. The Morgan fingerprint density at radius 1 is 0.778 bits per heavy atom. The lowest BCUT2D eigenvalue weighted by molar-refractivity contribution is 0.0915. The smallest absolute Gasteiger partial charge is 0.159 e. The number of rotatable bonds is 6. The van der Waals surface area contributed by atoms with E-state index in [0.29, 0.717) is 24.0 Å². The zero-order chi connectivity index (χ0) is 24.5. The number of methoxy groups -OCH3 is 1. The number of hydrogen-bond acceptors (Lipinski definition) is 6. The van der Waals surface area contributed by atoms with Crippen LogP contribution in [0.25, 0.3) is 33.6 Å². The molecule has 1 saturated carbocycles. The third-order valence-corrected chi connectivity index (χ3v) is 7.81. The van der Waals surface area contributed by atoms with E-state index in [9.17, 15) is 0 Å². The first-order valence-corrected chi connectivity index (χ1v) is 12.9. The van der Waals surface area contributed by atoms with Crippen LogP contribution in [0.4, 0.5) is 0 Å². The second-order valence-corrected chi connectivity index (χ2v) is 10.1. The van der Waals surface area contributed by atoms with E-state index in [-0.39, 0.29) is 0 Å². The molecular formula is C28H33N7O. The molecule has 8 nitrogen and oxygen atoms in total. The number of aryl methyl sites for hydroxylation is 1. The second-order valence-electron chi connectivity index (χ2n) is 10.1. The van der Waals surface area contributed by atoms with Crippen LogP contribution >= 0.6 is 0 Å². The van der Waals surface area contributed by atoms with Gasteiger partial charge in [0.05, 0.1) is 24.5 Å². The highest BCUT2D eigenvalue weighted by molar-refractivity contribution is 5.70. The highest BCUT2D eigenvalue weighted by Crippen LogP contribution is 2.33. The molecule has 0 unspecified atom stereocenters. The molecule has 0 bridgehead atoms. The topological polar surface area (TPSA) is 73.9 Å². The molecule has 2 fully saturated rings. The molecule has 36 heavy (non-hydrogen) atoms. The molecular weight excluding hydrogens is 450 g/mol. The Balaban J connectivity index is 1.11. The van der Waals surface area contributed by atoms with Crippen molar-refractivity contribution < 1.29 is 4.74 Å². The molecule has 6 rings (SSSR count). The summed E-state index contributed by atoms with van der Waals surface area (Å²) in [7, 11) is 3.76. The second kappa shape index (κ2) is 9.95. The van der Waals surface area contributed by atoms with E-state index in [0.717, 1.165) is 40.8 Å². The van der Waals surface area contributed by atoms with Gasteiger partial charge in [0.2, 0.25) is 0 Å². The van der Waals surface area contributed by atoms with Gasteiger partial charge in [-0.15, -0.1) is 0 Å². The molecule has 2 aliphatic rings. The number of likely N-dealkylation sites (tertiary alicyclic amines) is 1. The lowest BCUT2D eigenvalue weighted by atomic mass is 9.90. The first kappa shape index (κ1) is 23.1. The Morgan fingerprint density at radius 2 is 1.50 bits per heavy atom. The number of hydrogen-bond donors (Lipinski definition) is 0. The maximum absolute atomic E-state index is 5.56. The molecule has 3 aromatic heterocycles. The van der Waals surface area contributed by atoms with Crippen molar-refractivity contribution in [3.8, 4) is 33.6 Å². The molecule has 1 saturated heterocycles. The molecule has 4 aromatic rings. The summed E-state index contributed by atoms with van der Waals surface area (Å²) >= 11 is 0. The first-order chi connectivity index (χ1) is 17.7. The van der Waals surface area contributed by atoms with Crippen molar-refractivity contribution in [1.82, 2.24) is 34.4 Å². The van der Waals surface area contributed by atoms with Gasteiger partial charge >= 0.3 is 0 Å². The minimum Gasteiger partial charge on any atom is -0.380 e. The van der Waals surface area contributed by atoms with E-state index in [1.54, 1.807) is 0 Å². The zero-order valence-corrected chi connectivity index (χ0v) is 21.0. The summed E-state index contributed by atoms with van der Waals surface area (Å²) in [5.74, 6) is 0.716. The Morgan fingerprint density at radius 3 is 2.22 bits per heavy atom. The van der Waals surface area contributed by atoms with Gasteiger partial charge < -0.3 is 4.74 Å². The highest BCUT2D eigenvalue weighted by atomic mass is 16.5. The Labute approximate surface area is 211 Å². The summed E-state index contributed by atoms with van der Waals surface area (Å²) in [6.45, 7) is 2.25. The quantitative estimate of drug-likeness (QED) is 0.399. The van der Waals surface area contributed by atoms with Crippen LogP contribution in [0.1, 0.15) is 38.1 Å². The summed E-state index contributed by atoms with van der Waals surface area (Å²) in [5.41, 5.74) is 5.23. The van der Waals surface area contributed by atoms with E-state index in [2.05, 4.69) is 43.0 Å². The van der Waals surface area contributed by atoms with Gasteiger partial charge in [0.15, 0.2) is 5.82 Å². The average molecular weight is 484 g/mol. The predicted molar refractivity (Wildman–Crippen MR) is 139 cm³/mol. The molecule has 1 aromatic carbocycles. The van der Waals surface area contributed by atoms with Gasteiger partial charge in [-0.2, -0.15) is 10.2 Å². The average Bonchev–Trinajstić information content (AvgIpc) is 3.70. The van der Waals surface area contributed by atoms with E-state index in [4.69, 9.17) is 9.84 Å². The van der Waals surface area contributed by atoms with Crippen molar-refractivity contribution in [2.75, 3.05) is 20.2 Å². The Hall–Kier alpha value is -3.36. The largest absolute Gasteiger partial charge is 0.380 e. The molecule has 0 N–H and O–H groups in total. The molecule has 1 aliphatic heterocycles. The van der Waals surface area contributed by atoms with Gasteiger partial charge in [-0.05, 0) is 43.7 Å². The molecule has 1 atom stereocenters. The highest BCUT2D eigenvalue weighted by Gasteiger charge is 2.31. The summed E-state index contributed by atoms with van der Waals surface area (Å²) in [6, 6.07) is 9.42. The number of benzene rings is 1. The number of aromatic nitrogens is 6. The Bertz CT molecular complexity index is 1300. The number of ether oxygens (including phenoxy) is 1. The maximum Gasteiger partial charge on any atom is 0.159 e. The van der Waals surface area contributed by atoms with Gasteiger partial charge in [-0.3, -0.25) is 14.3 Å². The number of nitrogens with zero attached hydrogens (tertiary/aromatic N) is 7. The summed E-state index contributed by atoms with van der Waals surface area (Å²) in [5, 5.41) is 8.99. The normalized spacial score (nSPS) is 22.8. The van der Waals surface area contributed by atoms with Gasteiger partial charge in [-0.25, -0.2) is 9.97 Å². The SMILES string of the molecule is CO[C@H]1CCN(C2CCC(n3cc(-c4cnc(-c5cccc(-c6cnn(C)c6)c5)nc4)cn3)CC2)C1. The monoisotopic (exact) mass is 483 g/mol. The van der Waals surface area contributed by atoms with Crippen LogP contribution in [0.3, 0.4) is 0 Å². The predicted octanol–water partition coefficient (Wildman–Crippen LogP) is 4.61. The molecule has 0 spiro atoms. The third kappa shape index (κ3) is 4.70. The molecule has 0 radical (unpaired) electrons. The van der Waals surface area contributed by atoms with Crippen molar-refractivity contribution >= 4 is 0 Å². The fourth-order valence-electron chi connectivity index (χ4n) is 5.69. The van der Waals surface area contributed by atoms with Gasteiger partial charge in [-0.1, -0.05) is 18.2 Å². The van der Waals surface area contributed by atoms with Gasteiger partial charge in [0, 0.05) is 80.3 Å². The van der Waals surface area contributed by atoms with Crippen LogP contribution in [0.2, 0.25) is 0 Å². The minimum absolute atomic E-state index is 0.412. The van der Waals surface area contributed by atoms with Crippen LogP contribution in [-0.4, -0.2) is 66.8 Å². The Kier molecular flexibility index (Phi) is 6.37. The summed E-state index contributed by atoms with van der Waals surface area (Å²) < 4.78 is 9.52. The van der Waals surface area contributed by atoms with Crippen LogP contribution in [0.15, 0.2) is 61.4 Å². The standard InChI is InChI=1S/C28H33N7O/c1-33-17-23(15-31-33)20-4-3-5-21(12-20)28-29-13-22(14-30-28)24-16-32-35(18-24)26-8-6-25(7-9-26)34-11-10-27(19-34)36-2/h3-5,12-18,25-27H,6-11,19H2,1-2H3/t25?,26?,27-/m0/s1. The molecule has 8 heteroatoms. The van der Waals surface area contributed by atoms with Crippen LogP contribution in [-0.2, 0) is 11.8 Å². The summed E-state index contributed by atoms with van der Waals surface area (Å²) in [6.07, 6.45) is 18.1. The van der Waals surface area contributed by atoms with Crippen LogP contribution < -0.4 is 0 Å². The lowest BCUT2D eigenvalue weighted by Crippen LogP contribution is -2.37. The van der Waals surface area contributed by atoms with E-state index < -0.39 is 0 Å². The van der Waals surface area contributed by atoms with E-state index in [1.165, 1.54) is 32.2 Å². The molecule has 1 aliphatic carbocycles. The van der Waals surface area contributed by atoms with Crippen molar-refractivity contribution in [2.45, 2.75) is 50.3 Å². The molecule has 4 heterocycles. The van der Waals surface area contributed by atoms with E-state index in [1.807, 2.05) is 62.0 Å². The zero-order valence-electron chi connectivity index (χ0n) is 21.0. The fourth-order valence-corrected chi connectivity index (χ4v) is 5.69. The molecule has 186 valence electrons. The first-order valence-electron chi connectivity index (χ1n) is 12.9. The molecule has 0 amide bonds. The fraction of sp³-hybridized carbons (Fsp3) is 0.429. The third-order valence-electron chi connectivity index (χ3n) is 7.81. The van der Waals surface area contributed by atoms with Crippen LogP contribution in [0.5, 0.6) is 0 Å². The van der Waals surface area contributed by atoms with Crippen LogP contribution in [0, 0.1) is 0 Å². The lowest BCUT2D eigenvalue weighted by Gasteiger charge is -2.34. The van der Waals surface area contributed by atoms with E-state index >= 15 is 0 Å². The maximum atomic E-state index is 5.56.